The van der Waals surface area contributed by atoms with Crippen molar-refractivity contribution in [3.05, 3.63) is 59.2 Å². The molecule has 0 atom stereocenters. The van der Waals surface area contributed by atoms with E-state index in [1.54, 1.807) is 38.4 Å². The standard InChI is InChI=1S/C21H24N2O3/c1-23(2)20(24)14-26-19-9-5-8-18(13-19)22-21(25)17-11-10-15-6-3-4-7-16(15)12-17/h5,8-13H,3-4,6-7,14H2,1-2H3,(H,22,25). The van der Waals surface area contributed by atoms with Crippen LogP contribution in [0.4, 0.5) is 5.69 Å². The average Bonchev–Trinajstić information content (AvgIpc) is 2.65. The lowest BCUT2D eigenvalue weighted by Crippen LogP contribution is -2.27. The van der Waals surface area contributed by atoms with E-state index in [9.17, 15) is 9.59 Å². The third kappa shape index (κ3) is 4.42. The summed E-state index contributed by atoms with van der Waals surface area (Å²) >= 11 is 0. The first-order valence-corrected chi connectivity index (χ1v) is 8.89. The van der Waals surface area contributed by atoms with Crippen molar-refractivity contribution in [2.75, 3.05) is 26.0 Å². The predicted octanol–water partition coefficient (Wildman–Crippen LogP) is 3.28. The van der Waals surface area contributed by atoms with Gasteiger partial charge in [-0.15, -0.1) is 0 Å². The second kappa shape index (κ2) is 8.04. The SMILES string of the molecule is CN(C)C(=O)COc1cccc(NC(=O)c2ccc3c(c2)CCCC3)c1. The molecule has 1 aliphatic carbocycles. The minimum Gasteiger partial charge on any atom is -0.484 e. The van der Waals surface area contributed by atoms with E-state index in [2.05, 4.69) is 11.4 Å². The van der Waals surface area contributed by atoms with E-state index in [1.807, 2.05) is 12.1 Å². The Morgan fingerprint density at radius 3 is 2.58 bits per heavy atom. The molecule has 0 spiro atoms. The molecule has 0 radical (unpaired) electrons. The van der Waals surface area contributed by atoms with Gasteiger partial charge in [-0.05, 0) is 61.1 Å². The Morgan fingerprint density at radius 2 is 1.81 bits per heavy atom. The number of hydrogen-bond acceptors (Lipinski definition) is 3. The number of anilines is 1. The van der Waals surface area contributed by atoms with Crippen LogP contribution >= 0.6 is 0 Å². The van der Waals surface area contributed by atoms with Crippen molar-refractivity contribution in [3.8, 4) is 5.75 Å². The van der Waals surface area contributed by atoms with Gasteiger partial charge in [-0.25, -0.2) is 0 Å². The maximum atomic E-state index is 12.6. The van der Waals surface area contributed by atoms with Crippen molar-refractivity contribution in [3.63, 3.8) is 0 Å². The summed E-state index contributed by atoms with van der Waals surface area (Å²) in [5.74, 6) is 0.289. The maximum Gasteiger partial charge on any atom is 0.259 e. The molecule has 3 rings (SSSR count). The van der Waals surface area contributed by atoms with Crippen molar-refractivity contribution < 1.29 is 14.3 Å². The lowest BCUT2D eigenvalue weighted by Gasteiger charge is -2.16. The van der Waals surface area contributed by atoms with Crippen LogP contribution in [-0.2, 0) is 17.6 Å². The molecule has 0 aliphatic heterocycles. The number of rotatable bonds is 5. The van der Waals surface area contributed by atoms with Crippen molar-refractivity contribution in [1.29, 1.82) is 0 Å². The van der Waals surface area contributed by atoms with Crippen LogP contribution in [0.15, 0.2) is 42.5 Å². The van der Waals surface area contributed by atoms with Crippen molar-refractivity contribution in [1.82, 2.24) is 4.90 Å². The lowest BCUT2D eigenvalue weighted by molar-refractivity contribution is -0.130. The van der Waals surface area contributed by atoms with Crippen LogP contribution in [0, 0.1) is 0 Å². The molecule has 1 aliphatic rings. The molecule has 0 saturated carbocycles. The minimum absolute atomic E-state index is 0.0325. The number of fused-ring (bicyclic) bond motifs is 1. The first kappa shape index (κ1) is 18.0. The van der Waals surface area contributed by atoms with Gasteiger partial charge in [0.25, 0.3) is 11.8 Å². The monoisotopic (exact) mass is 352 g/mol. The fourth-order valence-electron chi connectivity index (χ4n) is 3.02. The average molecular weight is 352 g/mol. The number of carbonyl (C=O) groups is 2. The molecular weight excluding hydrogens is 328 g/mol. The molecule has 5 nitrogen and oxygen atoms in total. The summed E-state index contributed by atoms with van der Waals surface area (Å²) in [6.07, 6.45) is 4.55. The highest BCUT2D eigenvalue weighted by atomic mass is 16.5. The van der Waals surface area contributed by atoms with E-state index in [0.29, 0.717) is 17.0 Å². The number of benzene rings is 2. The summed E-state index contributed by atoms with van der Waals surface area (Å²) in [5.41, 5.74) is 3.94. The van der Waals surface area contributed by atoms with Crippen molar-refractivity contribution in [2.45, 2.75) is 25.7 Å². The number of aryl methyl sites for hydroxylation is 2. The maximum absolute atomic E-state index is 12.6. The molecule has 2 aromatic carbocycles. The Balaban J connectivity index is 1.66. The van der Waals surface area contributed by atoms with Crippen LogP contribution < -0.4 is 10.1 Å². The van der Waals surface area contributed by atoms with Gasteiger partial charge in [0, 0.05) is 31.4 Å². The second-order valence-electron chi connectivity index (χ2n) is 6.75. The molecule has 136 valence electrons. The third-order valence-electron chi connectivity index (χ3n) is 4.56. The summed E-state index contributed by atoms with van der Waals surface area (Å²) in [5, 5.41) is 2.90. The number of carbonyl (C=O) groups excluding carboxylic acids is 2. The molecule has 2 aromatic rings. The summed E-state index contributed by atoms with van der Waals surface area (Å²) in [4.78, 5) is 25.6. The Labute approximate surface area is 154 Å². The van der Waals surface area contributed by atoms with Gasteiger partial charge in [0.05, 0.1) is 0 Å². The molecule has 5 heteroatoms. The van der Waals surface area contributed by atoms with E-state index >= 15 is 0 Å². The van der Waals surface area contributed by atoms with Crippen molar-refractivity contribution >= 4 is 17.5 Å². The zero-order valence-electron chi connectivity index (χ0n) is 15.2. The molecule has 0 bridgehead atoms. The van der Waals surface area contributed by atoms with E-state index < -0.39 is 0 Å². The van der Waals surface area contributed by atoms with Crippen LogP contribution in [0.2, 0.25) is 0 Å². The summed E-state index contributed by atoms with van der Waals surface area (Å²) in [7, 11) is 3.36. The molecule has 26 heavy (non-hydrogen) atoms. The molecular formula is C21H24N2O3. The Morgan fingerprint density at radius 1 is 1.04 bits per heavy atom. The number of hydrogen-bond donors (Lipinski definition) is 1. The zero-order valence-corrected chi connectivity index (χ0v) is 15.2. The third-order valence-corrected chi connectivity index (χ3v) is 4.56. The van der Waals surface area contributed by atoms with Gasteiger partial charge >= 0.3 is 0 Å². The van der Waals surface area contributed by atoms with Crippen LogP contribution in [0.5, 0.6) is 5.75 Å². The fraction of sp³-hybridized carbons (Fsp3) is 0.333. The Kier molecular flexibility index (Phi) is 5.56. The van der Waals surface area contributed by atoms with Crippen LogP contribution in [0.1, 0.15) is 34.3 Å². The highest BCUT2D eigenvalue weighted by Gasteiger charge is 2.13. The number of amides is 2. The zero-order chi connectivity index (χ0) is 18.5. The molecule has 0 fully saturated rings. The van der Waals surface area contributed by atoms with Gasteiger partial charge in [-0.3, -0.25) is 9.59 Å². The van der Waals surface area contributed by atoms with E-state index in [0.717, 1.165) is 12.8 Å². The van der Waals surface area contributed by atoms with E-state index in [1.165, 1.54) is 28.9 Å². The second-order valence-corrected chi connectivity index (χ2v) is 6.75. The predicted molar refractivity (Wildman–Crippen MR) is 102 cm³/mol. The lowest BCUT2D eigenvalue weighted by atomic mass is 9.90. The van der Waals surface area contributed by atoms with Gasteiger partial charge in [-0.2, -0.15) is 0 Å². The number of likely N-dealkylation sites (N-methyl/N-ethyl adjacent to an activating group) is 1. The topological polar surface area (TPSA) is 58.6 Å². The largest absolute Gasteiger partial charge is 0.484 e. The van der Waals surface area contributed by atoms with Crippen LogP contribution in [0.3, 0.4) is 0 Å². The van der Waals surface area contributed by atoms with E-state index in [4.69, 9.17) is 4.74 Å². The molecule has 0 aromatic heterocycles. The molecule has 1 N–H and O–H groups in total. The van der Waals surface area contributed by atoms with Crippen molar-refractivity contribution in [2.24, 2.45) is 0 Å². The van der Waals surface area contributed by atoms with E-state index in [-0.39, 0.29) is 18.4 Å². The molecule has 0 unspecified atom stereocenters. The van der Waals surface area contributed by atoms with Crippen LogP contribution in [-0.4, -0.2) is 37.4 Å². The summed E-state index contributed by atoms with van der Waals surface area (Å²) in [6, 6.07) is 13.0. The highest BCUT2D eigenvalue weighted by molar-refractivity contribution is 6.04. The van der Waals surface area contributed by atoms with Gasteiger partial charge in [0.1, 0.15) is 5.75 Å². The minimum atomic E-state index is -0.139. The number of ether oxygens (including phenoxy) is 1. The molecule has 0 saturated heterocycles. The normalized spacial score (nSPS) is 12.8. The first-order valence-electron chi connectivity index (χ1n) is 8.89. The van der Waals surface area contributed by atoms with Gasteiger partial charge in [0.15, 0.2) is 6.61 Å². The first-order chi connectivity index (χ1) is 12.5. The smallest absolute Gasteiger partial charge is 0.259 e. The van der Waals surface area contributed by atoms with Gasteiger partial charge in [-0.1, -0.05) is 12.1 Å². The highest BCUT2D eigenvalue weighted by Crippen LogP contribution is 2.23. The van der Waals surface area contributed by atoms with Gasteiger partial charge < -0.3 is 15.0 Å². The molecule has 0 heterocycles. The Bertz CT molecular complexity index is 815. The number of nitrogens with one attached hydrogen (secondary N) is 1. The summed E-state index contributed by atoms with van der Waals surface area (Å²) < 4.78 is 5.49. The number of nitrogens with zero attached hydrogens (tertiary/aromatic N) is 1. The quantitative estimate of drug-likeness (QED) is 0.898. The fourth-order valence-corrected chi connectivity index (χ4v) is 3.02. The molecule has 2 amide bonds. The van der Waals surface area contributed by atoms with Gasteiger partial charge in [0.2, 0.25) is 0 Å². The summed E-state index contributed by atoms with van der Waals surface area (Å²) in [6.45, 7) is -0.0325. The van der Waals surface area contributed by atoms with Crippen LogP contribution in [0.25, 0.3) is 0 Å². The Hall–Kier alpha value is -2.82.